The number of carbonyl (C=O) groups is 1. The standard InChI is InChI=1S/C22H27F3N6O/c1-14-4-3-9-31(14)21-27-18(16-6-10-30(11-7-16)15(2)32)13-20(29-21)28-19-12-17(5-8-26-19)22(23,24)25/h5,8,12-14,16H,3-4,6-7,9-11H2,1-2H3,(H,26,27,28,29)/t14-/m0/s1. The molecule has 1 amide bonds. The van der Waals surface area contributed by atoms with E-state index in [9.17, 15) is 18.0 Å². The summed E-state index contributed by atoms with van der Waals surface area (Å²) in [6, 6.07) is 4.01. The average molecular weight is 448 g/mol. The highest BCUT2D eigenvalue weighted by atomic mass is 19.4. The van der Waals surface area contributed by atoms with Gasteiger partial charge in [0.05, 0.1) is 11.3 Å². The molecule has 2 aromatic heterocycles. The molecule has 2 aliphatic rings. The van der Waals surface area contributed by atoms with E-state index in [1.54, 1.807) is 13.0 Å². The van der Waals surface area contributed by atoms with E-state index in [0.29, 0.717) is 30.9 Å². The van der Waals surface area contributed by atoms with Gasteiger partial charge in [0.15, 0.2) is 0 Å². The third-order valence-corrected chi connectivity index (χ3v) is 6.25. The maximum Gasteiger partial charge on any atom is 0.416 e. The second-order valence-electron chi connectivity index (χ2n) is 8.50. The number of carbonyl (C=O) groups excluding carboxylic acids is 1. The minimum Gasteiger partial charge on any atom is -0.343 e. The number of hydrogen-bond acceptors (Lipinski definition) is 6. The van der Waals surface area contributed by atoms with Crippen LogP contribution in [-0.4, -0.2) is 51.4 Å². The molecule has 7 nitrogen and oxygen atoms in total. The second kappa shape index (κ2) is 8.91. The van der Waals surface area contributed by atoms with Gasteiger partial charge in [0, 0.05) is 50.8 Å². The molecule has 2 fully saturated rings. The molecule has 2 aromatic rings. The van der Waals surface area contributed by atoms with Crippen molar-refractivity contribution in [2.75, 3.05) is 29.9 Å². The van der Waals surface area contributed by atoms with Crippen LogP contribution in [0.25, 0.3) is 0 Å². The van der Waals surface area contributed by atoms with Crippen molar-refractivity contribution in [3.8, 4) is 0 Å². The van der Waals surface area contributed by atoms with E-state index in [4.69, 9.17) is 4.98 Å². The number of halogens is 3. The van der Waals surface area contributed by atoms with E-state index in [-0.39, 0.29) is 17.6 Å². The molecule has 0 spiro atoms. The molecule has 0 radical (unpaired) electrons. The van der Waals surface area contributed by atoms with Gasteiger partial charge >= 0.3 is 6.18 Å². The van der Waals surface area contributed by atoms with Gasteiger partial charge in [-0.2, -0.15) is 18.2 Å². The van der Waals surface area contributed by atoms with Gasteiger partial charge in [0.1, 0.15) is 11.6 Å². The largest absolute Gasteiger partial charge is 0.416 e. The third-order valence-electron chi connectivity index (χ3n) is 6.25. The van der Waals surface area contributed by atoms with Gasteiger partial charge in [-0.3, -0.25) is 4.79 Å². The number of amides is 1. The molecule has 0 aromatic carbocycles. The SMILES string of the molecule is CC(=O)N1CCC(c2cc(Nc3cc(C(F)(F)F)ccn3)nc(N3CCC[C@@H]3C)n2)CC1. The smallest absolute Gasteiger partial charge is 0.343 e. The van der Waals surface area contributed by atoms with Crippen LogP contribution in [0.4, 0.5) is 30.8 Å². The quantitative estimate of drug-likeness (QED) is 0.750. The van der Waals surface area contributed by atoms with E-state index in [2.05, 4.69) is 27.1 Å². The normalized spacial score (nSPS) is 20.0. The molecular formula is C22H27F3N6O. The van der Waals surface area contributed by atoms with E-state index in [1.807, 2.05) is 4.90 Å². The van der Waals surface area contributed by atoms with Gasteiger partial charge in [0.25, 0.3) is 0 Å². The highest BCUT2D eigenvalue weighted by Crippen LogP contribution is 2.33. The molecule has 2 saturated heterocycles. The number of aromatic nitrogens is 3. The van der Waals surface area contributed by atoms with Gasteiger partial charge in [-0.1, -0.05) is 0 Å². The van der Waals surface area contributed by atoms with Crippen LogP contribution in [0.5, 0.6) is 0 Å². The van der Waals surface area contributed by atoms with Crippen LogP contribution in [0.3, 0.4) is 0 Å². The van der Waals surface area contributed by atoms with Crippen molar-refractivity contribution in [2.24, 2.45) is 0 Å². The van der Waals surface area contributed by atoms with E-state index in [0.717, 1.165) is 56.3 Å². The van der Waals surface area contributed by atoms with Crippen LogP contribution in [0.1, 0.15) is 56.7 Å². The van der Waals surface area contributed by atoms with Gasteiger partial charge in [-0.25, -0.2) is 9.97 Å². The summed E-state index contributed by atoms with van der Waals surface area (Å²) in [5.41, 5.74) is 0.0704. The Kier molecular flexibility index (Phi) is 6.21. The molecular weight excluding hydrogens is 421 g/mol. The van der Waals surface area contributed by atoms with Crippen molar-refractivity contribution in [1.29, 1.82) is 0 Å². The van der Waals surface area contributed by atoms with E-state index >= 15 is 0 Å². The van der Waals surface area contributed by atoms with Crippen molar-refractivity contribution in [3.63, 3.8) is 0 Å². The fraction of sp³-hybridized carbons (Fsp3) is 0.545. The summed E-state index contributed by atoms with van der Waals surface area (Å²) in [5.74, 6) is 1.30. The number of nitrogens with one attached hydrogen (secondary N) is 1. The van der Waals surface area contributed by atoms with Crippen molar-refractivity contribution < 1.29 is 18.0 Å². The summed E-state index contributed by atoms with van der Waals surface area (Å²) in [6.45, 7) is 5.86. The minimum absolute atomic E-state index is 0.0655. The van der Waals surface area contributed by atoms with Gasteiger partial charge < -0.3 is 15.1 Å². The summed E-state index contributed by atoms with van der Waals surface area (Å²) in [5, 5.41) is 2.95. The highest BCUT2D eigenvalue weighted by molar-refractivity contribution is 5.73. The number of pyridine rings is 1. The molecule has 0 unspecified atom stereocenters. The van der Waals surface area contributed by atoms with Gasteiger partial charge in [0.2, 0.25) is 11.9 Å². The topological polar surface area (TPSA) is 74.2 Å². The zero-order chi connectivity index (χ0) is 22.9. The number of nitrogens with zero attached hydrogens (tertiary/aromatic N) is 5. The number of rotatable bonds is 4. The summed E-state index contributed by atoms with van der Waals surface area (Å²) in [6.07, 6.45) is 0.344. The number of piperidine rings is 1. The molecule has 2 aliphatic heterocycles. The summed E-state index contributed by atoms with van der Waals surface area (Å²) >= 11 is 0. The van der Waals surface area contributed by atoms with Crippen molar-refractivity contribution in [3.05, 3.63) is 35.7 Å². The molecule has 32 heavy (non-hydrogen) atoms. The first-order valence-corrected chi connectivity index (χ1v) is 10.9. The van der Waals surface area contributed by atoms with Crippen LogP contribution >= 0.6 is 0 Å². The molecule has 10 heteroatoms. The maximum absolute atomic E-state index is 13.1. The lowest BCUT2D eigenvalue weighted by Crippen LogP contribution is -2.36. The zero-order valence-corrected chi connectivity index (χ0v) is 18.2. The highest BCUT2D eigenvalue weighted by Gasteiger charge is 2.31. The van der Waals surface area contributed by atoms with Gasteiger partial charge in [-0.05, 0) is 44.7 Å². The number of anilines is 3. The predicted octanol–water partition coefficient (Wildman–Crippen LogP) is 4.35. The molecule has 0 saturated carbocycles. The molecule has 172 valence electrons. The number of likely N-dealkylation sites (tertiary alicyclic amines) is 1. The van der Waals surface area contributed by atoms with Crippen LogP contribution in [0.15, 0.2) is 24.4 Å². The Hall–Kier alpha value is -2.91. The Bertz CT molecular complexity index is 974. The van der Waals surface area contributed by atoms with Gasteiger partial charge in [-0.15, -0.1) is 0 Å². The summed E-state index contributed by atoms with van der Waals surface area (Å²) in [7, 11) is 0. The fourth-order valence-electron chi connectivity index (χ4n) is 4.38. The lowest BCUT2D eigenvalue weighted by molar-refractivity contribution is -0.137. The molecule has 0 aliphatic carbocycles. The Labute approximate surface area is 185 Å². The maximum atomic E-state index is 13.1. The fourth-order valence-corrected chi connectivity index (χ4v) is 4.38. The molecule has 4 rings (SSSR count). The van der Waals surface area contributed by atoms with Crippen LogP contribution < -0.4 is 10.2 Å². The summed E-state index contributed by atoms with van der Waals surface area (Å²) in [4.78, 5) is 29.1. The lowest BCUT2D eigenvalue weighted by Gasteiger charge is -2.31. The Morgan fingerprint density at radius 3 is 2.47 bits per heavy atom. The zero-order valence-electron chi connectivity index (χ0n) is 18.2. The predicted molar refractivity (Wildman–Crippen MR) is 115 cm³/mol. The first kappa shape index (κ1) is 22.3. The van der Waals surface area contributed by atoms with Crippen molar-refractivity contribution in [2.45, 2.75) is 57.7 Å². The number of hydrogen-bond donors (Lipinski definition) is 1. The van der Waals surface area contributed by atoms with E-state index < -0.39 is 11.7 Å². The lowest BCUT2D eigenvalue weighted by atomic mass is 9.93. The van der Waals surface area contributed by atoms with Crippen LogP contribution in [0.2, 0.25) is 0 Å². The monoisotopic (exact) mass is 448 g/mol. The molecule has 0 bridgehead atoms. The van der Waals surface area contributed by atoms with Crippen LogP contribution in [0, 0.1) is 0 Å². The second-order valence-corrected chi connectivity index (χ2v) is 8.50. The van der Waals surface area contributed by atoms with Crippen molar-refractivity contribution >= 4 is 23.5 Å². The Balaban J connectivity index is 1.63. The molecule has 1 atom stereocenters. The molecule has 4 heterocycles. The average Bonchev–Trinajstić information content (AvgIpc) is 3.19. The third kappa shape index (κ3) is 4.94. The Morgan fingerprint density at radius 1 is 1.09 bits per heavy atom. The van der Waals surface area contributed by atoms with E-state index in [1.165, 1.54) is 0 Å². The van der Waals surface area contributed by atoms with Crippen molar-refractivity contribution in [1.82, 2.24) is 19.9 Å². The first-order chi connectivity index (χ1) is 15.2. The van der Waals surface area contributed by atoms with Crippen LogP contribution in [-0.2, 0) is 11.0 Å². The summed E-state index contributed by atoms with van der Waals surface area (Å²) < 4.78 is 39.3. The molecule has 1 N–H and O–H groups in total. The Morgan fingerprint density at radius 2 is 1.84 bits per heavy atom. The number of alkyl halides is 3. The minimum atomic E-state index is -4.45. The first-order valence-electron chi connectivity index (χ1n) is 10.9.